The molecule has 3 aromatic rings. The van der Waals surface area contributed by atoms with Crippen LogP contribution in [0.15, 0.2) is 59.5 Å². The summed E-state index contributed by atoms with van der Waals surface area (Å²) in [6.45, 7) is 2.89. The van der Waals surface area contributed by atoms with Crippen molar-refractivity contribution >= 4 is 0 Å². The van der Waals surface area contributed by atoms with Crippen LogP contribution in [-0.2, 0) is 11.3 Å². The molecule has 7 heteroatoms. The summed E-state index contributed by atoms with van der Waals surface area (Å²) in [7, 11) is 1.66. The van der Waals surface area contributed by atoms with Gasteiger partial charge in [-0.05, 0) is 49.2 Å². The highest BCUT2D eigenvalue weighted by Gasteiger charge is 2.26. The Kier molecular flexibility index (Phi) is 7.07. The van der Waals surface area contributed by atoms with Crippen molar-refractivity contribution in [2.45, 2.75) is 31.8 Å². The van der Waals surface area contributed by atoms with Gasteiger partial charge >= 0.3 is 0 Å². The van der Waals surface area contributed by atoms with Crippen molar-refractivity contribution in [3.8, 4) is 17.3 Å². The first-order valence-corrected chi connectivity index (χ1v) is 10.7. The number of benzene rings is 1. The minimum Gasteiger partial charge on any atom is -0.491 e. The molecule has 1 unspecified atom stereocenters. The van der Waals surface area contributed by atoms with Gasteiger partial charge in [-0.3, -0.25) is 14.7 Å². The molecule has 31 heavy (non-hydrogen) atoms. The molecule has 1 aliphatic heterocycles. The number of rotatable bonds is 8. The lowest BCUT2D eigenvalue weighted by Crippen LogP contribution is -2.34. The van der Waals surface area contributed by atoms with Gasteiger partial charge in [0.15, 0.2) is 5.82 Å². The van der Waals surface area contributed by atoms with Gasteiger partial charge in [0.2, 0.25) is 0 Å². The Bertz CT molecular complexity index is 1020. The van der Waals surface area contributed by atoms with Crippen LogP contribution in [0.25, 0.3) is 11.5 Å². The van der Waals surface area contributed by atoms with Crippen molar-refractivity contribution in [2.75, 3.05) is 26.9 Å². The van der Waals surface area contributed by atoms with E-state index < -0.39 is 0 Å². The molecule has 7 nitrogen and oxygen atoms in total. The molecular formula is C24H28N4O3. The lowest BCUT2D eigenvalue weighted by Gasteiger charge is -2.35. The standard InChI is InChI=1S/C24H28N4O3/c1-30-14-15-31-19-10-8-18(9-11-19)17-28-13-5-3-7-22(28)21-16-23(29)27-24(26-21)20-6-2-4-12-25-20/h2,4,6,8-12,16,22H,3,5,7,13-15,17H2,1H3,(H,26,27,29). The first-order chi connectivity index (χ1) is 15.2. The molecule has 0 spiro atoms. The average Bonchev–Trinajstić information content (AvgIpc) is 2.81. The third kappa shape index (κ3) is 5.57. The molecule has 1 aromatic carbocycles. The van der Waals surface area contributed by atoms with Crippen LogP contribution in [0, 0.1) is 0 Å². The second-order valence-corrected chi connectivity index (χ2v) is 7.70. The zero-order valence-electron chi connectivity index (χ0n) is 17.8. The molecule has 0 radical (unpaired) electrons. The second-order valence-electron chi connectivity index (χ2n) is 7.70. The fraction of sp³-hybridized carbons (Fsp3) is 0.375. The van der Waals surface area contributed by atoms with Crippen LogP contribution in [0.1, 0.15) is 36.6 Å². The smallest absolute Gasteiger partial charge is 0.251 e. The summed E-state index contributed by atoms with van der Waals surface area (Å²) in [5.74, 6) is 1.36. The molecule has 1 fully saturated rings. The monoisotopic (exact) mass is 420 g/mol. The number of nitrogens with one attached hydrogen (secondary N) is 1. The molecule has 1 atom stereocenters. The first-order valence-electron chi connectivity index (χ1n) is 10.7. The average molecular weight is 421 g/mol. The Morgan fingerprint density at radius 1 is 1.13 bits per heavy atom. The highest BCUT2D eigenvalue weighted by molar-refractivity contribution is 5.48. The molecule has 1 aliphatic rings. The first kappa shape index (κ1) is 21.2. The third-order valence-electron chi connectivity index (χ3n) is 5.49. The minimum atomic E-state index is -0.145. The van der Waals surface area contributed by atoms with Crippen LogP contribution in [0.4, 0.5) is 0 Å². The summed E-state index contributed by atoms with van der Waals surface area (Å²) in [5.41, 5.74) is 2.55. The molecule has 0 amide bonds. The number of likely N-dealkylation sites (tertiary alicyclic amines) is 1. The predicted octanol–water partition coefficient (Wildman–Crippen LogP) is 3.58. The number of pyridine rings is 1. The van der Waals surface area contributed by atoms with Gasteiger partial charge in [-0.1, -0.05) is 24.6 Å². The Balaban J connectivity index is 1.52. The normalized spacial score (nSPS) is 16.9. The molecule has 162 valence electrons. The summed E-state index contributed by atoms with van der Waals surface area (Å²) in [6.07, 6.45) is 4.96. The molecule has 0 bridgehead atoms. The third-order valence-corrected chi connectivity index (χ3v) is 5.49. The molecule has 1 N–H and O–H groups in total. The Hall–Kier alpha value is -3.03. The zero-order valence-corrected chi connectivity index (χ0v) is 17.8. The van der Waals surface area contributed by atoms with Crippen molar-refractivity contribution in [1.82, 2.24) is 19.9 Å². The minimum absolute atomic E-state index is 0.108. The van der Waals surface area contributed by atoms with E-state index in [4.69, 9.17) is 14.5 Å². The van der Waals surface area contributed by atoms with Crippen LogP contribution in [0.2, 0.25) is 0 Å². The van der Waals surface area contributed by atoms with Gasteiger partial charge in [0.1, 0.15) is 18.1 Å². The number of ether oxygens (including phenoxy) is 2. The highest BCUT2D eigenvalue weighted by Crippen LogP contribution is 2.31. The molecule has 2 aromatic heterocycles. The number of hydrogen-bond donors (Lipinski definition) is 1. The van der Waals surface area contributed by atoms with Crippen LogP contribution in [-0.4, -0.2) is 46.7 Å². The summed E-state index contributed by atoms with van der Waals surface area (Å²) >= 11 is 0. The van der Waals surface area contributed by atoms with Gasteiger partial charge in [-0.2, -0.15) is 0 Å². The highest BCUT2D eigenvalue weighted by atomic mass is 16.5. The van der Waals surface area contributed by atoms with E-state index in [9.17, 15) is 4.79 Å². The number of aromatic amines is 1. The van der Waals surface area contributed by atoms with E-state index in [1.54, 1.807) is 19.4 Å². The van der Waals surface area contributed by atoms with Crippen molar-refractivity contribution in [1.29, 1.82) is 0 Å². The number of piperidine rings is 1. The summed E-state index contributed by atoms with van der Waals surface area (Å²) < 4.78 is 10.7. The summed E-state index contributed by atoms with van der Waals surface area (Å²) in [6, 6.07) is 15.5. The predicted molar refractivity (Wildman–Crippen MR) is 119 cm³/mol. The fourth-order valence-electron chi connectivity index (χ4n) is 3.95. The lowest BCUT2D eigenvalue weighted by molar-refractivity contribution is 0.137. The number of nitrogens with zero attached hydrogens (tertiary/aromatic N) is 3. The topological polar surface area (TPSA) is 80.3 Å². The number of H-pyrrole nitrogens is 1. The Labute approximate surface area is 182 Å². The van der Waals surface area contributed by atoms with Crippen molar-refractivity contribution < 1.29 is 9.47 Å². The lowest BCUT2D eigenvalue weighted by atomic mass is 9.98. The SMILES string of the molecule is COCCOc1ccc(CN2CCCCC2c2cc(=O)[nH]c(-c3ccccn3)n2)cc1. The van der Waals surface area contributed by atoms with Gasteiger partial charge < -0.3 is 14.5 Å². The van der Waals surface area contributed by atoms with Crippen LogP contribution in [0.3, 0.4) is 0 Å². The van der Waals surface area contributed by atoms with E-state index in [1.807, 2.05) is 30.3 Å². The maximum Gasteiger partial charge on any atom is 0.251 e. The van der Waals surface area contributed by atoms with Gasteiger partial charge in [-0.25, -0.2) is 4.98 Å². The van der Waals surface area contributed by atoms with Gasteiger partial charge in [0.25, 0.3) is 5.56 Å². The largest absolute Gasteiger partial charge is 0.491 e. The zero-order chi connectivity index (χ0) is 21.5. The van der Waals surface area contributed by atoms with Crippen molar-refractivity contribution in [3.63, 3.8) is 0 Å². The Morgan fingerprint density at radius 3 is 2.77 bits per heavy atom. The van der Waals surface area contributed by atoms with Gasteiger partial charge in [0.05, 0.1) is 18.3 Å². The number of methoxy groups -OCH3 is 1. The number of aromatic nitrogens is 3. The van der Waals surface area contributed by atoms with Crippen LogP contribution in [0.5, 0.6) is 5.75 Å². The molecule has 0 aliphatic carbocycles. The molecule has 4 rings (SSSR count). The van der Waals surface area contributed by atoms with E-state index in [-0.39, 0.29) is 11.6 Å². The van der Waals surface area contributed by atoms with E-state index in [0.717, 1.165) is 43.8 Å². The molecular weight excluding hydrogens is 392 g/mol. The maximum atomic E-state index is 12.4. The van der Waals surface area contributed by atoms with Gasteiger partial charge in [0, 0.05) is 25.9 Å². The summed E-state index contributed by atoms with van der Waals surface area (Å²) in [4.78, 5) is 26.7. The maximum absolute atomic E-state index is 12.4. The fourth-order valence-corrected chi connectivity index (χ4v) is 3.95. The van der Waals surface area contributed by atoms with E-state index >= 15 is 0 Å². The molecule has 3 heterocycles. The van der Waals surface area contributed by atoms with E-state index in [2.05, 4.69) is 27.0 Å². The number of hydrogen-bond acceptors (Lipinski definition) is 6. The molecule has 1 saturated heterocycles. The van der Waals surface area contributed by atoms with E-state index in [0.29, 0.717) is 24.7 Å². The van der Waals surface area contributed by atoms with Crippen LogP contribution < -0.4 is 10.3 Å². The quantitative estimate of drug-likeness (QED) is 0.561. The van der Waals surface area contributed by atoms with E-state index in [1.165, 1.54) is 5.56 Å². The van der Waals surface area contributed by atoms with Crippen molar-refractivity contribution in [3.05, 3.63) is 76.3 Å². The molecule has 0 saturated carbocycles. The van der Waals surface area contributed by atoms with Gasteiger partial charge in [-0.15, -0.1) is 0 Å². The summed E-state index contributed by atoms with van der Waals surface area (Å²) in [5, 5.41) is 0. The van der Waals surface area contributed by atoms with Crippen molar-refractivity contribution in [2.24, 2.45) is 0 Å². The Morgan fingerprint density at radius 2 is 2.00 bits per heavy atom. The van der Waals surface area contributed by atoms with Crippen LogP contribution >= 0.6 is 0 Å². The second kappa shape index (κ2) is 10.3.